The number of halogens is 2. The summed E-state index contributed by atoms with van der Waals surface area (Å²) in [5.74, 6) is -3.11. The number of amides is 1. The summed E-state index contributed by atoms with van der Waals surface area (Å²) in [6.07, 6.45) is 6.72. The highest BCUT2D eigenvalue weighted by Gasteiger charge is 2.46. The topological polar surface area (TPSA) is 81.2 Å². The maximum Gasteiger partial charge on any atom is 0.248 e. The molecule has 2 aliphatic carbocycles. The number of nitrogens with two attached hydrogens (primary N) is 1. The second-order valence-corrected chi connectivity index (χ2v) is 8.39. The zero-order chi connectivity index (χ0) is 19.7. The molecule has 2 aromatic rings. The van der Waals surface area contributed by atoms with E-state index in [0.29, 0.717) is 29.0 Å². The normalized spacial score (nSPS) is 26.1. The van der Waals surface area contributed by atoms with Gasteiger partial charge in [-0.25, -0.2) is 8.78 Å². The number of carbonyl (C=O) groups is 1. The van der Waals surface area contributed by atoms with Crippen LogP contribution in [0.15, 0.2) is 22.7 Å². The predicted molar refractivity (Wildman–Crippen MR) is 104 cm³/mol. The summed E-state index contributed by atoms with van der Waals surface area (Å²) in [5, 5.41) is 7.15. The number of aromatic nitrogens is 1. The second kappa shape index (κ2) is 7.68. The number of hydrogen-bond donors (Lipinski definition) is 2. The second-order valence-electron chi connectivity index (χ2n) is 8.39. The molecule has 0 bridgehead atoms. The maximum absolute atomic E-state index is 14.2. The zero-order valence-corrected chi connectivity index (χ0v) is 15.9. The third-order valence-corrected chi connectivity index (χ3v) is 6.49. The van der Waals surface area contributed by atoms with Crippen molar-refractivity contribution in [3.8, 4) is 0 Å². The van der Waals surface area contributed by atoms with Crippen LogP contribution in [-0.4, -0.2) is 17.0 Å². The Morgan fingerprint density at radius 3 is 2.68 bits per heavy atom. The molecule has 152 valence electrons. The Kier molecular flexibility index (Phi) is 5.25. The number of rotatable bonds is 3. The average molecular weight is 391 g/mol. The van der Waals surface area contributed by atoms with Crippen molar-refractivity contribution in [2.75, 3.05) is 11.1 Å². The predicted octanol–water partition coefficient (Wildman–Crippen LogP) is 5.37. The van der Waals surface area contributed by atoms with E-state index in [1.165, 1.54) is 12.8 Å². The molecule has 2 saturated carbocycles. The lowest BCUT2D eigenvalue weighted by atomic mass is 9.68. The van der Waals surface area contributed by atoms with Gasteiger partial charge in [-0.05, 0) is 36.5 Å². The van der Waals surface area contributed by atoms with Crippen molar-refractivity contribution < 1.29 is 18.1 Å². The number of anilines is 2. The van der Waals surface area contributed by atoms with Gasteiger partial charge in [0.2, 0.25) is 11.8 Å². The first-order valence-electron chi connectivity index (χ1n) is 10.3. The van der Waals surface area contributed by atoms with E-state index >= 15 is 0 Å². The molecule has 0 radical (unpaired) electrons. The first-order chi connectivity index (χ1) is 13.4. The molecule has 1 unspecified atom stereocenters. The van der Waals surface area contributed by atoms with Gasteiger partial charge in [0.15, 0.2) is 11.4 Å². The monoisotopic (exact) mass is 391 g/mol. The molecule has 0 aliphatic heterocycles. The van der Waals surface area contributed by atoms with Crippen LogP contribution in [0, 0.1) is 17.8 Å². The van der Waals surface area contributed by atoms with Crippen molar-refractivity contribution in [2.24, 2.45) is 17.8 Å². The first-order valence-corrected chi connectivity index (χ1v) is 10.3. The van der Waals surface area contributed by atoms with Gasteiger partial charge in [0.25, 0.3) is 0 Å². The Bertz CT molecular complexity index is 843. The summed E-state index contributed by atoms with van der Waals surface area (Å²) in [7, 11) is 0. The van der Waals surface area contributed by atoms with Crippen LogP contribution in [0.3, 0.4) is 0 Å². The number of nitrogen functional groups attached to an aromatic ring is 1. The zero-order valence-electron chi connectivity index (χ0n) is 15.9. The van der Waals surface area contributed by atoms with Crippen LogP contribution in [-0.2, 0) is 4.79 Å². The van der Waals surface area contributed by atoms with Crippen LogP contribution in [0.5, 0.6) is 0 Å². The molecule has 0 saturated heterocycles. The van der Waals surface area contributed by atoms with Crippen molar-refractivity contribution in [2.45, 2.75) is 63.7 Å². The van der Waals surface area contributed by atoms with E-state index in [9.17, 15) is 13.6 Å². The van der Waals surface area contributed by atoms with Crippen molar-refractivity contribution in [1.82, 2.24) is 5.16 Å². The van der Waals surface area contributed by atoms with Crippen LogP contribution < -0.4 is 11.1 Å². The standard InChI is InChI=1S/C21H27F2N3O2/c22-21(23)10-9-15(13-5-3-1-2-4-6-13)17(12-21)20(27)25-14-7-8-18-16(11-14)19(24)26-28-18/h7-8,11,13,15,17H,1-6,9-10,12H2,(H2,24,26)(H,25,27)/t15-,17?/m0/s1. The van der Waals surface area contributed by atoms with Gasteiger partial charge in [-0.2, -0.15) is 0 Å². The summed E-state index contributed by atoms with van der Waals surface area (Å²) in [4.78, 5) is 13.0. The molecule has 2 atom stereocenters. The molecule has 28 heavy (non-hydrogen) atoms. The number of alkyl halides is 2. The van der Waals surface area contributed by atoms with Crippen LogP contribution in [0.1, 0.15) is 57.8 Å². The first kappa shape index (κ1) is 19.2. The number of nitrogens with zero attached hydrogens (tertiary/aromatic N) is 1. The maximum atomic E-state index is 14.2. The van der Waals surface area contributed by atoms with Gasteiger partial charge in [0.05, 0.1) is 5.39 Å². The molecule has 0 spiro atoms. The molecular weight excluding hydrogens is 364 g/mol. The number of fused-ring (bicyclic) bond motifs is 1. The van der Waals surface area contributed by atoms with E-state index in [1.54, 1.807) is 18.2 Å². The van der Waals surface area contributed by atoms with Gasteiger partial charge >= 0.3 is 0 Å². The molecule has 1 aromatic heterocycles. The minimum atomic E-state index is -2.77. The molecule has 4 rings (SSSR count). The molecule has 1 aromatic carbocycles. The van der Waals surface area contributed by atoms with Crippen molar-refractivity contribution in [3.63, 3.8) is 0 Å². The van der Waals surface area contributed by atoms with Crippen LogP contribution >= 0.6 is 0 Å². The number of benzene rings is 1. The van der Waals surface area contributed by atoms with Crippen LogP contribution in [0.2, 0.25) is 0 Å². The molecule has 3 N–H and O–H groups in total. The number of nitrogens with one attached hydrogen (secondary N) is 1. The van der Waals surface area contributed by atoms with E-state index in [-0.39, 0.29) is 30.5 Å². The SMILES string of the molecule is Nc1noc2ccc(NC(=O)C3CC(F)(F)CC[C@H]3C3CCCCCC3)cc12. The van der Waals surface area contributed by atoms with Gasteiger partial charge in [-0.1, -0.05) is 43.7 Å². The Hall–Kier alpha value is -2.18. The quantitative estimate of drug-likeness (QED) is 0.689. The summed E-state index contributed by atoms with van der Waals surface area (Å²) < 4.78 is 33.4. The Morgan fingerprint density at radius 2 is 1.93 bits per heavy atom. The fourth-order valence-corrected chi connectivity index (χ4v) is 5.01. The molecule has 2 aliphatic rings. The molecule has 1 amide bonds. The summed E-state index contributed by atoms with van der Waals surface area (Å²) in [6.45, 7) is 0. The Balaban J connectivity index is 1.54. The molecular formula is C21H27F2N3O2. The summed E-state index contributed by atoms with van der Waals surface area (Å²) in [5.41, 5.74) is 6.82. The number of hydrogen-bond acceptors (Lipinski definition) is 4. The van der Waals surface area contributed by atoms with Crippen LogP contribution in [0.4, 0.5) is 20.3 Å². The minimum absolute atomic E-state index is 0.0297. The van der Waals surface area contributed by atoms with Crippen molar-refractivity contribution in [3.05, 3.63) is 18.2 Å². The third kappa shape index (κ3) is 3.98. The minimum Gasteiger partial charge on any atom is -0.380 e. The van der Waals surface area contributed by atoms with Gasteiger partial charge < -0.3 is 15.6 Å². The van der Waals surface area contributed by atoms with Crippen LogP contribution in [0.25, 0.3) is 11.0 Å². The lowest BCUT2D eigenvalue weighted by molar-refractivity contribution is -0.134. The molecule has 1 heterocycles. The van der Waals surface area contributed by atoms with E-state index in [0.717, 1.165) is 25.7 Å². The highest BCUT2D eigenvalue weighted by atomic mass is 19.3. The molecule has 7 heteroatoms. The lowest BCUT2D eigenvalue weighted by Gasteiger charge is -2.39. The van der Waals surface area contributed by atoms with E-state index in [1.807, 2.05) is 0 Å². The highest BCUT2D eigenvalue weighted by Crippen LogP contribution is 2.46. The largest absolute Gasteiger partial charge is 0.380 e. The third-order valence-electron chi connectivity index (χ3n) is 6.49. The highest BCUT2D eigenvalue weighted by molar-refractivity contribution is 5.97. The average Bonchev–Trinajstić information content (AvgIpc) is 2.86. The van der Waals surface area contributed by atoms with E-state index in [4.69, 9.17) is 10.3 Å². The summed E-state index contributed by atoms with van der Waals surface area (Å²) >= 11 is 0. The summed E-state index contributed by atoms with van der Waals surface area (Å²) in [6, 6.07) is 5.04. The van der Waals surface area contributed by atoms with Gasteiger partial charge in [-0.3, -0.25) is 4.79 Å². The lowest BCUT2D eigenvalue weighted by Crippen LogP contribution is -2.42. The van der Waals surface area contributed by atoms with E-state index in [2.05, 4.69) is 10.5 Å². The van der Waals surface area contributed by atoms with Gasteiger partial charge in [-0.15, -0.1) is 0 Å². The van der Waals surface area contributed by atoms with Gasteiger partial charge in [0.1, 0.15) is 0 Å². The Labute approximate surface area is 163 Å². The number of carbonyl (C=O) groups excluding carboxylic acids is 1. The fourth-order valence-electron chi connectivity index (χ4n) is 5.01. The molecule has 5 nitrogen and oxygen atoms in total. The van der Waals surface area contributed by atoms with Crippen molar-refractivity contribution in [1.29, 1.82) is 0 Å². The molecule has 2 fully saturated rings. The Morgan fingerprint density at radius 1 is 1.18 bits per heavy atom. The van der Waals surface area contributed by atoms with E-state index < -0.39 is 11.8 Å². The smallest absolute Gasteiger partial charge is 0.248 e. The van der Waals surface area contributed by atoms with Gasteiger partial charge in [0, 0.05) is 24.4 Å². The fraction of sp³-hybridized carbons (Fsp3) is 0.619. The van der Waals surface area contributed by atoms with Crippen molar-refractivity contribution >= 4 is 28.4 Å².